The van der Waals surface area contributed by atoms with Crippen molar-refractivity contribution in [1.82, 2.24) is 0 Å². The molecule has 4 aliphatic rings. The average Bonchev–Trinajstić information content (AvgIpc) is 2.86. The fourth-order valence-corrected chi connectivity index (χ4v) is 6.95. The zero-order valence-corrected chi connectivity index (χ0v) is 15.8. The van der Waals surface area contributed by atoms with Gasteiger partial charge in [0.25, 0.3) is 0 Å². The van der Waals surface area contributed by atoms with Gasteiger partial charge in [-0.2, -0.15) is 0 Å². The first-order valence-corrected chi connectivity index (χ1v) is 9.80. The van der Waals surface area contributed by atoms with Gasteiger partial charge in [0, 0.05) is 16.7 Å². The number of allylic oxidation sites excluding steroid dienone is 4. The first-order chi connectivity index (χ1) is 12.5. The number of fused-ring (bicyclic) bond motifs is 5. The standard InChI is InChI=1S/C21H28O6/c1-19-7-5-12(22)9-11(19)3-4-13-14-6-8-21(27,17(24)18(25)26)20(14,2)10-15(23)16(13)19/h5,7,9,13-16,18,23,25-27H,3-4,6,8,10H2,1-2H3/t13?,14?,15?,16?,19?,20?,21-/m0/s1. The molecule has 3 fully saturated rings. The van der Waals surface area contributed by atoms with E-state index in [1.165, 1.54) is 0 Å². The van der Waals surface area contributed by atoms with Crippen LogP contribution in [0.25, 0.3) is 0 Å². The average molecular weight is 376 g/mol. The van der Waals surface area contributed by atoms with E-state index in [1.807, 2.05) is 6.08 Å². The Kier molecular flexibility index (Phi) is 4.10. The van der Waals surface area contributed by atoms with Gasteiger partial charge in [-0.3, -0.25) is 9.59 Å². The molecule has 4 N–H and O–H groups in total. The van der Waals surface area contributed by atoms with Gasteiger partial charge in [0.1, 0.15) is 5.60 Å². The van der Waals surface area contributed by atoms with Crippen molar-refractivity contribution in [2.45, 2.75) is 63.9 Å². The molecule has 6 heteroatoms. The van der Waals surface area contributed by atoms with Crippen molar-refractivity contribution >= 4 is 11.6 Å². The largest absolute Gasteiger partial charge is 0.393 e. The minimum Gasteiger partial charge on any atom is -0.393 e. The lowest BCUT2D eigenvalue weighted by Gasteiger charge is -2.59. The van der Waals surface area contributed by atoms with Crippen molar-refractivity contribution in [3.05, 3.63) is 23.8 Å². The summed E-state index contributed by atoms with van der Waals surface area (Å²) in [5, 5.41) is 41.1. The molecule has 0 aromatic carbocycles. The van der Waals surface area contributed by atoms with Crippen LogP contribution in [0.5, 0.6) is 0 Å². The van der Waals surface area contributed by atoms with Gasteiger partial charge in [-0.05, 0) is 56.1 Å². The predicted octanol–water partition coefficient (Wildman–Crippen LogP) is 0.876. The van der Waals surface area contributed by atoms with Crippen molar-refractivity contribution in [1.29, 1.82) is 0 Å². The minimum absolute atomic E-state index is 0.00278. The Morgan fingerprint density at radius 2 is 1.96 bits per heavy atom. The highest BCUT2D eigenvalue weighted by atomic mass is 16.5. The van der Waals surface area contributed by atoms with E-state index < -0.39 is 34.6 Å². The molecule has 0 bridgehead atoms. The number of carbonyl (C=O) groups excluding carboxylic acids is 2. The SMILES string of the molecule is CC12C=CC(=O)C=C1CCC1C2C(O)CC2(C)C1CC[C@]2(O)C(=O)C(O)O. The van der Waals surface area contributed by atoms with E-state index in [2.05, 4.69) is 6.92 Å². The van der Waals surface area contributed by atoms with Crippen molar-refractivity contribution in [3.63, 3.8) is 0 Å². The van der Waals surface area contributed by atoms with Gasteiger partial charge >= 0.3 is 0 Å². The first kappa shape index (κ1) is 19.0. The van der Waals surface area contributed by atoms with Crippen molar-refractivity contribution < 1.29 is 30.0 Å². The molecule has 7 atom stereocenters. The third-order valence-electron chi connectivity index (χ3n) is 8.29. The second-order valence-electron chi connectivity index (χ2n) is 9.35. The molecule has 0 spiro atoms. The van der Waals surface area contributed by atoms with E-state index in [4.69, 9.17) is 0 Å². The van der Waals surface area contributed by atoms with Gasteiger partial charge in [-0.15, -0.1) is 0 Å². The normalized spacial score (nSPS) is 48.7. The van der Waals surface area contributed by atoms with Gasteiger partial charge in [-0.25, -0.2) is 0 Å². The zero-order valence-electron chi connectivity index (χ0n) is 15.8. The molecule has 27 heavy (non-hydrogen) atoms. The molecule has 0 aliphatic heterocycles. The summed E-state index contributed by atoms with van der Waals surface area (Å²) in [5.41, 5.74) is -2.10. The van der Waals surface area contributed by atoms with Crippen LogP contribution in [0, 0.1) is 28.6 Å². The number of rotatable bonds is 2. The van der Waals surface area contributed by atoms with E-state index in [9.17, 15) is 30.0 Å². The quantitative estimate of drug-likeness (QED) is 0.532. The molecule has 0 amide bonds. The van der Waals surface area contributed by atoms with Crippen LogP contribution in [0.3, 0.4) is 0 Å². The number of hydrogen-bond acceptors (Lipinski definition) is 6. The minimum atomic E-state index is -2.22. The molecule has 0 heterocycles. The number of hydrogen-bond donors (Lipinski definition) is 4. The first-order valence-electron chi connectivity index (χ1n) is 9.80. The number of ketones is 2. The molecule has 6 unspecified atom stereocenters. The molecule has 0 aromatic heterocycles. The Balaban J connectivity index is 1.74. The summed E-state index contributed by atoms with van der Waals surface area (Å²) in [6.07, 6.45) is 4.75. The Bertz CT molecular complexity index is 754. The van der Waals surface area contributed by atoms with E-state index in [-0.39, 0.29) is 36.4 Å². The molecule has 4 rings (SSSR count). The monoisotopic (exact) mass is 376 g/mol. The fraction of sp³-hybridized carbons (Fsp3) is 0.714. The topological polar surface area (TPSA) is 115 Å². The Hall–Kier alpha value is -1.34. The third kappa shape index (κ3) is 2.33. The van der Waals surface area contributed by atoms with Gasteiger partial charge in [-0.1, -0.05) is 25.5 Å². The highest BCUT2D eigenvalue weighted by Gasteiger charge is 2.68. The smallest absolute Gasteiger partial charge is 0.220 e. The summed E-state index contributed by atoms with van der Waals surface area (Å²) in [4.78, 5) is 24.2. The summed E-state index contributed by atoms with van der Waals surface area (Å²) in [7, 11) is 0. The summed E-state index contributed by atoms with van der Waals surface area (Å²) in [6, 6.07) is 0. The maximum Gasteiger partial charge on any atom is 0.220 e. The maximum absolute atomic E-state index is 12.4. The molecular formula is C21H28O6. The van der Waals surface area contributed by atoms with Gasteiger partial charge in [0.15, 0.2) is 5.78 Å². The van der Waals surface area contributed by atoms with Crippen molar-refractivity contribution in [2.75, 3.05) is 0 Å². The molecule has 6 nitrogen and oxygen atoms in total. The number of Topliss-reactive ketones (excluding diaryl/α,β-unsaturated/α-hetero) is 1. The van der Waals surface area contributed by atoms with Gasteiger partial charge in [0.05, 0.1) is 6.10 Å². The third-order valence-corrected chi connectivity index (χ3v) is 8.29. The molecule has 0 radical (unpaired) electrons. The summed E-state index contributed by atoms with van der Waals surface area (Å²) >= 11 is 0. The van der Waals surface area contributed by atoms with E-state index in [1.54, 1.807) is 19.1 Å². The molecule has 0 saturated heterocycles. The molecule has 148 valence electrons. The summed E-state index contributed by atoms with van der Waals surface area (Å²) in [6.45, 7) is 3.87. The number of aliphatic hydroxyl groups excluding tert-OH is 2. The molecular weight excluding hydrogens is 348 g/mol. The van der Waals surface area contributed by atoms with Crippen LogP contribution in [0.1, 0.15) is 46.0 Å². The summed E-state index contributed by atoms with van der Waals surface area (Å²) in [5.74, 6) is -0.978. The van der Waals surface area contributed by atoms with Gasteiger partial charge < -0.3 is 20.4 Å². The lowest BCUT2D eigenvalue weighted by atomic mass is 9.46. The molecule has 3 saturated carbocycles. The van der Waals surface area contributed by atoms with Crippen LogP contribution in [0.2, 0.25) is 0 Å². The number of aliphatic hydroxyl groups is 4. The lowest BCUT2D eigenvalue weighted by Crippen LogP contribution is -2.62. The van der Waals surface area contributed by atoms with Crippen LogP contribution in [0.15, 0.2) is 23.8 Å². The summed E-state index contributed by atoms with van der Waals surface area (Å²) < 4.78 is 0. The molecule has 4 aliphatic carbocycles. The Morgan fingerprint density at radius 1 is 1.26 bits per heavy atom. The number of carbonyl (C=O) groups is 2. The highest BCUT2D eigenvalue weighted by Crippen LogP contribution is 2.67. The van der Waals surface area contributed by atoms with E-state index in [0.29, 0.717) is 6.42 Å². The van der Waals surface area contributed by atoms with E-state index in [0.717, 1.165) is 18.4 Å². The van der Waals surface area contributed by atoms with Crippen LogP contribution in [0.4, 0.5) is 0 Å². The lowest BCUT2D eigenvalue weighted by molar-refractivity contribution is -0.194. The Labute approximate surface area is 158 Å². The van der Waals surface area contributed by atoms with Crippen LogP contribution < -0.4 is 0 Å². The van der Waals surface area contributed by atoms with Crippen molar-refractivity contribution in [3.8, 4) is 0 Å². The maximum atomic E-state index is 12.4. The van der Waals surface area contributed by atoms with E-state index >= 15 is 0 Å². The van der Waals surface area contributed by atoms with Crippen LogP contribution in [-0.2, 0) is 9.59 Å². The molecule has 0 aromatic rings. The highest BCUT2D eigenvalue weighted by molar-refractivity contribution is 6.01. The Morgan fingerprint density at radius 3 is 2.63 bits per heavy atom. The zero-order chi connectivity index (χ0) is 19.8. The fourth-order valence-electron chi connectivity index (χ4n) is 6.95. The predicted molar refractivity (Wildman–Crippen MR) is 96.2 cm³/mol. The second kappa shape index (κ2) is 5.83. The van der Waals surface area contributed by atoms with Gasteiger partial charge in [0.2, 0.25) is 12.1 Å². The second-order valence-corrected chi connectivity index (χ2v) is 9.35. The van der Waals surface area contributed by atoms with Crippen molar-refractivity contribution in [2.24, 2.45) is 28.6 Å². The van der Waals surface area contributed by atoms with Crippen LogP contribution in [-0.4, -0.2) is 50.0 Å². The van der Waals surface area contributed by atoms with Crippen LogP contribution >= 0.6 is 0 Å².